The van der Waals surface area contributed by atoms with Crippen LogP contribution in [0.2, 0.25) is 5.02 Å². The average Bonchev–Trinajstić information content (AvgIpc) is 2.45. The zero-order chi connectivity index (χ0) is 15.4. The van der Waals surface area contributed by atoms with E-state index >= 15 is 0 Å². The van der Waals surface area contributed by atoms with Gasteiger partial charge < -0.3 is 16.0 Å². The number of nitrogens with two attached hydrogens (primary N) is 1. The molecule has 4 nitrogen and oxygen atoms in total. The van der Waals surface area contributed by atoms with Crippen molar-refractivity contribution in [2.24, 2.45) is 11.7 Å². The average molecular weight is 310 g/mol. The predicted molar refractivity (Wildman–Crippen MR) is 87.6 cm³/mol. The third kappa shape index (κ3) is 4.35. The highest BCUT2D eigenvalue weighted by Gasteiger charge is 2.25. The minimum absolute atomic E-state index is 0.0552. The normalized spacial score (nSPS) is 19.0. The summed E-state index contributed by atoms with van der Waals surface area (Å²) < 4.78 is 0. The molecule has 1 aromatic carbocycles. The lowest BCUT2D eigenvalue weighted by Gasteiger charge is -2.34. The second kappa shape index (κ2) is 7.14. The van der Waals surface area contributed by atoms with E-state index in [1.54, 1.807) is 0 Å². The molecule has 1 aliphatic rings. The Kier molecular flexibility index (Phi) is 5.48. The summed E-state index contributed by atoms with van der Waals surface area (Å²) in [5.41, 5.74) is 7.79. The monoisotopic (exact) mass is 309 g/mol. The highest BCUT2D eigenvalue weighted by Crippen LogP contribution is 2.28. The fourth-order valence-corrected chi connectivity index (χ4v) is 2.94. The van der Waals surface area contributed by atoms with Gasteiger partial charge in [0.1, 0.15) is 0 Å². The molecule has 116 valence electrons. The summed E-state index contributed by atoms with van der Waals surface area (Å²) in [7, 11) is 0. The van der Waals surface area contributed by atoms with Crippen LogP contribution in [0.5, 0.6) is 0 Å². The number of halogens is 1. The van der Waals surface area contributed by atoms with E-state index in [1.807, 2.05) is 18.2 Å². The predicted octanol–water partition coefficient (Wildman–Crippen LogP) is 2.54. The highest BCUT2D eigenvalue weighted by molar-refractivity contribution is 6.30. The van der Waals surface area contributed by atoms with Gasteiger partial charge in [-0.25, -0.2) is 0 Å². The summed E-state index contributed by atoms with van der Waals surface area (Å²) >= 11 is 6.13. The minimum atomic E-state index is -0.199. The molecular formula is C16H24ClN3O. The Labute approximate surface area is 131 Å². The van der Waals surface area contributed by atoms with Crippen molar-refractivity contribution in [3.63, 3.8) is 0 Å². The van der Waals surface area contributed by atoms with Gasteiger partial charge in [0.15, 0.2) is 0 Å². The molecule has 0 bridgehead atoms. The van der Waals surface area contributed by atoms with E-state index in [2.05, 4.69) is 24.1 Å². The van der Waals surface area contributed by atoms with Crippen LogP contribution < -0.4 is 16.0 Å². The molecule has 1 aliphatic heterocycles. The number of carbonyl (C=O) groups is 1. The Bertz CT molecular complexity index is 504. The first kappa shape index (κ1) is 16.1. The first-order chi connectivity index (χ1) is 9.97. The van der Waals surface area contributed by atoms with Gasteiger partial charge in [-0.1, -0.05) is 25.4 Å². The number of hydrogen-bond acceptors (Lipinski definition) is 3. The lowest BCUT2D eigenvalue weighted by Crippen LogP contribution is -2.41. The van der Waals surface area contributed by atoms with Crippen molar-refractivity contribution in [2.45, 2.75) is 39.3 Å². The summed E-state index contributed by atoms with van der Waals surface area (Å²) in [5, 5.41) is 4.16. The third-order valence-electron chi connectivity index (χ3n) is 3.91. The van der Waals surface area contributed by atoms with Gasteiger partial charge in [0, 0.05) is 36.4 Å². The van der Waals surface area contributed by atoms with Crippen LogP contribution in [0.3, 0.4) is 0 Å². The van der Waals surface area contributed by atoms with Gasteiger partial charge in [-0.15, -0.1) is 0 Å². The molecule has 21 heavy (non-hydrogen) atoms. The zero-order valence-corrected chi connectivity index (χ0v) is 13.5. The van der Waals surface area contributed by atoms with Crippen molar-refractivity contribution in [1.82, 2.24) is 5.32 Å². The van der Waals surface area contributed by atoms with E-state index in [-0.39, 0.29) is 11.8 Å². The van der Waals surface area contributed by atoms with E-state index in [0.29, 0.717) is 12.6 Å². The molecular weight excluding hydrogens is 286 g/mol. The van der Waals surface area contributed by atoms with Gasteiger partial charge in [0.25, 0.3) is 0 Å². The Hall–Kier alpha value is -1.26. The fraction of sp³-hybridized carbons (Fsp3) is 0.562. The van der Waals surface area contributed by atoms with Gasteiger partial charge in [0.05, 0.1) is 5.92 Å². The van der Waals surface area contributed by atoms with Crippen LogP contribution in [-0.2, 0) is 11.3 Å². The molecule has 0 saturated carbocycles. The Morgan fingerprint density at radius 1 is 1.52 bits per heavy atom. The lowest BCUT2D eigenvalue weighted by molar-refractivity contribution is -0.122. The molecule has 2 rings (SSSR count). The molecule has 3 N–H and O–H groups in total. The van der Waals surface area contributed by atoms with Gasteiger partial charge in [0.2, 0.25) is 5.91 Å². The summed E-state index contributed by atoms with van der Waals surface area (Å²) in [6, 6.07) is 6.36. The smallest absolute Gasteiger partial charge is 0.222 e. The van der Waals surface area contributed by atoms with E-state index in [1.165, 1.54) is 5.56 Å². The number of benzene rings is 1. The first-order valence-electron chi connectivity index (χ1n) is 7.53. The van der Waals surface area contributed by atoms with Crippen LogP contribution >= 0.6 is 11.6 Å². The van der Waals surface area contributed by atoms with Crippen LogP contribution in [0, 0.1) is 5.92 Å². The van der Waals surface area contributed by atoms with Crippen molar-refractivity contribution in [3.05, 3.63) is 28.8 Å². The maximum atomic E-state index is 11.4. The number of nitrogens with one attached hydrogen (secondary N) is 1. The van der Waals surface area contributed by atoms with Gasteiger partial charge >= 0.3 is 0 Å². The van der Waals surface area contributed by atoms with Crippen LogP contribution in [0.1, 0.15) is 32.3 Å². The van der Waals surface area contributed by atoms with Crippen molar-refractivity contribution >= 4 is 23.2 Å². The Balaban J connectivity index is 2.19. The Morgan fingerprint density at radius 2 is 2.29 bits per heavy atom. The number of hydrogen-bond donors (Lipinski definition) is 2. The van der Waals surface area contributed by atoms with E-state index in [0.717, 1.165) is 36.6 Å². The first-order valence-corrected chi connectivity index (χ1v) is 7.91. The number of carbonyl (C=O) groups excluding carboxylic acids is 1. The van der Waals surface area contributed by atoms with Gasteiger partial charge in [-0.3, -0.25) is 4.79 Å². The summed E-state index contributed by atoms with van der Waals surface area (Å²) in [6.45, 7) is 6.67. The number of piperidine rings is 1. The second-order valence-corrected chi connectivity index (χ2v) is 6.43. The van der Waals surface area contributed by atoms with E-state index in [4.69, 9.17) is 17.3 Å². The van der Waals surface area contributed by atoms with Crippen molar-refractivity contribution in [1.29, 1.82) is 0 Å². The fourth-order valence-electron chi connectivity index (χ4n) is 2.75. The number of amides is 1. The molecule has 0 aromatic heterocycles. The molecule has 0 radical (unpaired) electrons. The summed E-state index contributed by atoms with van der Waals surface area (Å²) in [6.07, 6.45) is 1.88. The quantitative estimate of drug-likeness (QED) is 0.879. The van der Waals surface area contributed by atoms with Crippen molar-refractivity contribution in [2.75, 3.05) is 18.0 Å². The SMILES string of the molecule is CC(C)NCc1cc(Cl)ccc1N1CCCC(C(N)=O)C1. The molecule has 1 unspecified atom stereocenters. The van der Waals surface area contributed by atoms with Gasteiger partial charge in [-0.05, 0) is 36.6 Å². The molecule has 5 heteroatoms. The van der Waals surface area contributed by atoms with Crippen LogP contribution in [-0.4, -0.2) is 25.0 Å². The molecule has 1 heterocycles. The molecule has 0 spiro atoms. The van der Waals surface area contributed by atoms with Crippen molar-refractivity contribution < 1.29 is 4.79 Å². The molecule has 1 fully saturated rings. The minimum Gasteiger partial charge on any atom is -0.370 e. The second-order valence-electron chi connectivity index (χ2n) is 6.00. The highest BCUT2D eigenvalue weighted by atomic mass is 35.5. The topological polar surface area (TPSA) is 58.4 Å². The maximum absolute atomic E-state index is 11.4. The van der Waals surface area contributed by atoms with Crippen LogP contribution in [0.25, 0.3) is 0 Å². The number of primary amides is 1. The zero-order valence-electron chi connectivity index (χ0n) is 12.7. The van der Waals surface area contributed by atoms with Gasteiger partial charge in [-0.2, -0.15) is 0 Å². The molecule has 0 aliphatic carbocycles. The lowest BCUT2D eigenvalue weighted by atomic mass is 9.96. The maximum Gasteiger partial charge on any atom is 0.222 e. The Morgan fingerprint density at radius 3 is 2.95 bits per heavy atom. The molecule has 1 amide bonds. The summed E-state index contributed by atoms with van der Waals surface area (Å²) in [4.78, 5) is 13.7. The molecule has 1 aromatic rings. The third-order valence-corrected chi connectivity index (χ3v) is 4.14. The van der Waals surface area contributed by atoms with E-state index in [9.17, 15) is 4.79 Å². The largest absolute Gasteiger partial charge is 0.370 e. The summed E-state index contributed by atoms with van der Waals surface area (Å²) in [5.74, 6) is -0.254. The molecule has 1 saturated heterocycles. The van der Waals surface area contributed by atoms with Crippen molar-refractivity contribution in [3.8, 4) is 0 Å². The molecule has 1 atom stereocenters. The van der Waals surface area contributed by atoms with E-state index < -0.39 is 0 Å². The number of anilines is 1. The standard InChI is InChI=1S/C16H24ClN3O/c1-11(2)19-9-13-8-14(17)5-6-15(13)20-7-3-4-12(10-20)16(18)21/h5-6,8,11-12,19H,3-4,7,9-10H2,1-2H3,(H2,18,21). The number of nitrogens with zero attached hydrogens (tertiary/aromatic N) is 1. The van der Waals surface area contributed by atoms with Crippen LogP contribution in [0.15, 0.2) is 18.2 Å². The number of rotatable bonds is 5. The van der Waals surface area contributed by atoms with Crippen LogP contribution in [0.4, 0.5) is 5.69 Å².